The number of rotatable bonds is 0. The van der Waals surface area contributed by atoms with Crippen molar-refractivity contribution in [3.63, 3.8) is 0 Å². The topological polar surface area (TPSA) is 107 Å². The fourth-order valence-corrected chi connectivity index (χ4v) is 3.40. The van der Waals surface area contributed by atoms with Gasteiger partial charge < -0.3 is 8.37 Å². The zero-order valence-corrected chi connectivity index (χ0v) is 9.47. The van der Waals surface area contributed by atoms with E-state index in [4.69, 9.17) is 8.37 Å². The summed E-state index contributed by atoms with van der Waals surface area (Å²) in [5, 5.41) is 1.67. The molecule has 2 aliphatic rings. The van der Waals surface area contributed by atoms with Gasteiger partial charge in [0.15, 0.2) is 10.7 Å². The molecule has 8 nitrogen and oxygen atoms in total. The molecule has 9 heteroatoms. The highest BCUT2D eigenvalue weighted by molar-refractivity contribution is 8.39. The lowest BCUT2D eigenvalue weighted by atomic mass is 10.5. The van der Waals surface area contributed by atoms with E-state index in [-0.39, 0.29) is 10.7 Å². The maximum absolute atomic E-state index is 11.9. The third-order valence-electron chi connectivity index (χ3n) is 2.19. The van der Waals surface area contributed by atoms with E-state index in [1.165, 1.54) is 12.5 Å². The first-order valence-electron chi connectivity index (χ1n) is 4.71. The Kier molecular flexibility index (Phi) is 2.10. The molecule has 1 amide bonds. The van der Waals surface area contributed by atoms with Gasteiger partial charge in [0.1, 0.15) is 6.33 Å². The summed E-state index contributed by atoms with van der Waals surface area (Å²) in [6.07, 6.45) is 4.30. The number of anilines is 1. The molecule has 0 bridgehead atoms. The van der Waals surface area contributed by atoms with Crippen LogP contribution in [-0.2, 0) is 18.0 Å². The van der Waals surface area contributed by atoms with Crippen LogP contribution in [0.15, 0.2) is 29.6 Å². The van der Waals surface area contributed by atoms with Gasteiger partial charge in [0.25, 0.3) is 0 Å². The van der Waals surface area contributed by atoms with Crippen molar-refractivity contribution in [2.75, 3.05) is 5.32 Å². The molecule has 0 unspecified atom stereocenters. The second-order valence-electron chi connectivity index (χ2n) is 3.29. The largest absolute Gasteiger partial charge is 0.362 e. The molecule has 0 saturated heterocycles. The number of nitrogens with zero attached hydrogens (tertiary/aromatic N) is 2. The maximum Gasteiger partial charge on any atom is 0.362 e. The molecule has 92 valence electrons. The van der Waals surface area contributed by atoms with Gasteiger partial charge in [-0.1, -0.05) is 0 Å². The highest BCUT2D eigenvalue weighted by atomic mass is 32.3. The summed E-state index contributed by atoms with van der Waals surface area (Å²) in [5.41, 5.74) is 0. The molecular formula is C9H5N3O5S. The average molecular weight is 267 g/mol. The van der Waals surface area contributed by atoms with Crippen molar-refractivity contribution < 1.29 is 22.7 Å². The Balaban J connectivity index is 2.17. The van der Waals surface area contributed by atoms with Gasteiger partial charge in [0.05, 0.1) is 6.20 Å². The summed E-state index contributed by atoms with van der Waals surface area (Å²) in [5.74, 6) is -1.49. The van der Waals surface area contributed by atoms with E-state index in [1.54, 1.807) is 0 Å². The smallest absolute Gasteiger partial charge is 0.326 e. The molecule has 1 spiro atoms. The third kappa shape index (κ3) is 1.37. The van der Waals surface area contributed by atoms with Crippen molar-refractivity contribution in [3.05, 3.63) is 24.7 Å². The molecule has 0 fully saturated rings. The number of hydrogen-bond donors (Lipinski definition) is 1. The summed E-state index contributed by atoms with van der Waals surface area (Å²) in [6.45, 7) is 0. The van der Waals surface area contributed by atoms with Crippen LogP contribution in [-0.4, -0.2) is 27.1 Å². The first-order chi connectivity index (χ1) is 8.62. The summed E-state index contributed by atoms with van der Waals surface area (Å²) < 4.78 is 9.98. The quantitative estimate of drug-likeness (QED) is 0.736. The van der Waals surface area contributed by atoms with Gasteiger partial charge in [0.2, 0.25) is 0 Å². The summed E-state index contributed by atoms with van der Waals surface area (Å²) in [7, 11) is -3.17. The van der Waals surface area contributed by atoms with Crippen LogP contribution in [0.2, 0.25) is 0 Å². The van der Waals surface area contributed by atoms with Crippen molar-refractivity contribution in [1.29, 1.82) is 0 Å². The van der Waals surface area contributed by atoms with Gasteiger partial charge in [-0.3, -0.25) is 5.32 Å². The Morgan fingerprint density at radius 1 is 1.11 bits per heavy atom. The first kappa shape index (κ1) is 10.7. The van der Waals surface area contributed by atoms with Crippen LogP contribution in [0.1, 0.15) is 0 Å². The fourth-order valence-electron chi connectivity index (χ4n) is 1.48. The normalized spacial score (nSPS) is 21.7. The Morgan fingerprint density at radius 2 is 1.78 bits per heavy atom. The van der Waals surface area contributed by atoms with Crippen LogP contribution in [0.4, 0.5) is 10.6 Å². The molecule has 0 saturated carbocycles. The van der Waals surface area contributed by atoms with E-state index >= 15 is 0 Å². The standard InChI is InChI=1S/C9H5N3O5S/c13-6-1-2-7(14)17-18(16-6)5-3-10-4-11-8(5)12-9(18)15/h1-4H,(H,10,11,12,15). The zero-order valence-electron chi connectivity index (χ0n) is 8.65. The first-order valence-corrected chi connectivity index (χ1v) is 6.19. The minimum Gasteiger partial charge on any atom is -0.326 e. The highest BCUT2D eigenvalue weighted by Crippen LogP contribution is 2.65. The van der Waals surface area contributed by atoms with Crippen LogP contribution < -0.4 is 5.32 Å². The van der Waals surface area contributed by atoms with E-state index < -0.39 is 27.8 Å². The Hall–Kier alpha value is -2.42. The predicted octanol–water partition coefficient (Wildman–Crippen LogP) is 0.672. The molecule has 1 N–H and O–H groups in total. The van der Waals surface area contributed by atoms with Gasteiger partial charge in [-0.15, -0.1) is 0 Å². The lowest BCUT2D eigenvalue weighted by molar-refractivity contribution is -0.129. The van der Waals surface area contributed by atoms with Crippen LogP contribution in [0.25, 0.3) is 0 Å². The fraction of sp³-hybridized carbons (Fsp3) is 0. The monoisotopic (exact) mass is 267 g/mol. The van der Waals surface area contributed by atoms with Gasteiger partial charge in [-0.2, -0.15) is 0 Å². The van der Waals surface area contributed by atoms with Crippen molar-refractivity contribution in [2.45, 2.75) is 4.90 Å². The number of hydrogen-bond acceptors (Lipinski definition) is 7. The van der Waals surface area contributed by atoms with Crippen molar-refractivity contribution in [2.24, 2.45) is 0 Å². The van der Waals surface area contributed by atoms with E-state index in [1.807, 2.05) is 0 Å². The summed E-state index contributed by atoms with van der Waals surface area (Å²) >= 11 is 0. The molecule has 2 aliphatic heterocycles. The summed E-state index contributed by atoms with van der Waals surface area (Å²) in [4.78, 5) is 42.5. The van der Waals surface area contributed by atoms with Gasteiger partial charge >= 0.3 is 17.2 Å². The van der Waals surface area contributed by atoms with Gasteiger partial charge in [0, 0.05) is 22.7 Å². The molecule has 0 aliphatic carbocycles. The minimum atomic E-state index is -3.17. The molecule has 0 atom stereocenters. The molecule has 1 aromatic heterocycles. The van der Waals surface area contributed by atoms with E-state index in [0.29, 0.717) is 0 Å². The van der Waals surface area contributed by atoms with Crippen molar-refractivity contribution >= 4 is 33.6 Å². The van der Waals surface area contributed by atoms with Gasteiger partial charge in [-0.25, -0.2) is 24.4 Å². The van der Waals surface area contributed by atoms with Crippen LogP contribution >= 0.6 is 10.6 Å². The van der Waals surface area contributed by atoms with Crippen molar-refractivity contribution in [1.82, 2.24) is 9.97 Å². The SMILES string of the molecule is O=C1C=CC(=O)OS2(O1)C(=O)Nc1ncncc12. The average Bonchev–Trinajstić information content (AvgIpc) is 2.50. The Bertz CT molecular complexity index is 594. The van der Waals surface area contributed by atoms with Crippen LogP contribution in [0.5, 0.6) is 0 Å². The lowest BCUT2D eigenvalue weighted by Crippen LogP contribution is -2.19. The molecule has 18 heavy (non-hydrogen) atoms. The van der Waals surface area contributed by atoms with Gasteiger partial charge in [-0.05, 0) is 0 Å². The van der Waals surface area contributed by atoms with E-state index in [9.17, 15) is 14.4 Å². The number of nitrogens with one attached hydrogen (secondary N) is 1. The Labute approximate surface area is 102 Å². The number of carbonyl (C=O) groups excluding carboxylic acids is 3. The molecule has 3 heterocycles. The number of aromatic nitrogens is 2. The molecule has 0 radical (unpaired) electrons. The lowest BCUT2D eigenvalue weighted by Gasteiger charge is -2.31. The second-order valence-corrected chi connectivity index (χ2v) is 5.44. The maximum atomic E-state index is 11.9. The molecule has 0 aromatic carbocycles. The van der Waals surface area contributed by atoms with E-state index in [2.05, 4.69) is 15.3 Å². The van der Waals surface area contributed by atoms with Crippen LogP contribution in [0.3, 0.4) is 0 Å². The molecular weight excluding hydrogens is 262 g/mol. The highest BCUT2D eigenvalue weighted by Gasteiger charge is 2.47. The minimum absolute atomic E-state index is 0.167. The summed E-state index contributed by atoms with van der Waals surface area (Å²) in [6, 6.07) is 0. The Morgan fingerprint density at radius 3 is 2.44 bits per heavy atom. The number of fused-ring (bicyclic) bond motifs is 2. The van der Waals surface area contributed by atoms with E-state index in [0.717, 1.165) is 12.2 Å². The number of carbonyl (C=O) groups is 3. The van der Waals surface area contributed by atoms with Crippen molar-refractivity contribution in [3.8, 4) is 0 Å². The molecule has 3 rings (SSSR count). The number of amides is 1. The third-order valence-corrected chi connectivity index (χ3v) is 4.45. The second kappa shape index (κ2) is 3.53. The molecule has 1 aromatic rings. The zero-order chi connectivity index (χ0) is 12.8. The van der Waals surface area contributed by atoms with Crippen LogP contribution in [0, 0.1) is 0 Å². The predicted molar refractivity (Wildman–Crippen MR) is 58.2 cm³/mol.